The van der Waals surface area contributed by atoms with E-state index < -0.39 is 11.6 Å². The van der Waals surface area contributed by atoms with Crippen molar-refractivity contribution in [3.63, 3.8) is 0 Å². The third kappa shape index (κ3) is 3.03. The fraction of sp³-hybridized carbons (Fsp3) is 0.286. The first kappa shape index (κ1) is 16.9. The molecule has 0 atom stereocenters. The maximum absolute atomic E-state index is 14.3. The van der Waals surface area contributed by atoms with Crippen LogP contribution in [0.3, 0.4) is 0 Å². The van der Waals surface area contributed by atoms with Crippen LogP contribution in [0, 0.1) is 11.6 Å². The Bertz CT molecular complexity index is 909. The number of ether oxygens (including phenoxy) is 1. The molecule has 0 unspecified atom stereocenters. The molecule has 1 fully saturated rings. The number of benzene rings is 2. The molecule has 4 rings (SSSR count). The normalized spacial score (nSPS) is 16.5. The van der Waals surface area contributed by atoms with Gasteiger partial charge in [0.1, 0.15) is 17.2 Å². The fourth-order valence-electron chi connectivity index (χ4n) is 3.73. The van der Waals surface area contributed by atoms with Gasteiger partial charge < -0.3 is 10.1 Å². The number of nitrogens with one attached hydrogen (secondary N) is 1. The van der Waals surface area contributed by atoms with Crippen molar-refractivity contribution in [2.75, 3.05) is 25.1 Å². The summed E-state index contributed by atoms with van der Waals surface area (Å²) in [6.45, 7) is 2.00. The molecule has 1 N–H and O–H groups in total. The lowest BCUT2D eigenvalue weighted by Crippen LogP contribution is -2.40. The number of hydrogen-bond donors (Lipinski definition) is 1. The largest absolute Gasteiger partial charge is 0.383 e. The minimum atomic E-state index is -0.520. The van der Waals surface area contributed by atoms with Gasteiger partial charge in [-0.2, -0.15) is 0 Å². The Hall–Kier alpha value is -2.53. The van der Waals surface area contributed by atoms with Gasteiger partial charge in [-0.25, -0.2) is 8.78 Å². The average Bonchev–Trinajstić information content (AvgIpc) is 2.70. The maximum Gasteiger partial charge on any atom is 0.149 e. The van der Waals surface area contributed by atoms with E-state index >= 15 is 0 Å². The predicted molar refractivity (Wildman–Crippen MR) is 98.3 cm³/mol. The van der Waals surface area contributed by atoms with E-state index in [0.717, 1.165) is 25.0 Å². The lowest BCUT2D eigenvalue weighted by atomic mass is 9.74. The van der Waals surface area contributed by atoms with E-state index in [-0.39, 0.29) is 16.3 Å². The van der Waals surface area contributed by atoms with Crippen molar-refractivity contribution in [1.29, 1.82) is 0 Å². The van der Waals surface area contributed by atoms with Crippen molar-refractivity contribution >= 4 is 16.6 Å². The second-order valence-electron chi connectivity index (χ2n) is 6.72. The van der Waals surface area contributed by atoms with E-state index in [9.17, 15) is 8.78 Å². The van der Waals surface area contributed by atoms with Gasteiger partial charge in [-0.15, -0.1) is 0 Å². The molecule has 2 heterocycles. The summed E-state index contributed by atoms with van der Waals surface area (Å²) >= 11 is 0. The lowest BCUT2D eigenvalue weighted by molar-refractivity contribution is 0.0544. The van der Waals surface area contributed by atoms with Gasteiger partial charge >= 0.3 is 0 Å². The zero-order valence-electron chi connectivity index (χ0n) is 14.3. The molecule has 26 heavy (non-hydrogen) atoms. The van der Waals surface area contributed by atoms with Gasteiger partial charge in [-0.3, -0.25) is 4.98 Å². The monoisotopic (exact) mass is 354 g/mol. The highest BCUT2D eigenvalue weighted by molar-refractivity contribution is 5.91. The molecule has 0 saturated carbocycles. The second kappa shape index (κ2) is 7.00. The topological polar surface area (TPSA) is 34.1 Å². The Morgan fingerprint density at radius 3 is 2.46 bits per heavy atom. The smallest absolute Gasteiger partial charge is 0.149 e. The van der Waals surface area contributed by atoms with Crippen LogP contribution in [0.5, 0.6) is 0 Å². The van der Waals surface area contributed by atoms with E-state index in [1.54, 1.807) is 6.07 Å². The molecule has 1 aliphatic rings. The molecular weight excluding hydrogens is 334 g/mol. The molecule has 3 nitrogen and oxygen atoms in total. The van der Waals surface area contributed by atoms with E-state index in [1.165, 1.54) is 11.8 Å². The van der Waals surface area contributed by atoms with Crippen LogP contribution < -0.4 is 5.32 Å². The summed E-state index contributed by atoms with van der Waals surface area (Å²) in [5, 5.41) is 3.56. The molecule has 0 aliphatic carbocycles. The highest BCUT2D eigenvalue weighted by Gasteiger charge is 2.34. The van der Waals surface area contributed by atoms with Crippen molar-refractivity contribution in [2.24, 2.45) is 0 Å². The van der Waals surface area contributed by atoms with Gasteiger partial charge in [0, 0.05) is 37.1 Å². The van der Waals surface area contributed by atoms with Crippen molar-refractivity contribution in [3.8, 4) is 0 Å². The van der Waals surface area contributed by atoms with Crippen LogP contribution in [0.2, 0.25) is 0 Å². The molecule has 134 valence electrons. The highest BCUT2D eigenvalue weighted by atomic mass is 19.1. The number of pyridine rings is 1. The molecule has 0 radical (unpaired) electrons. The fourth-order valence-corrected chi connectivity index (χ4v) is 3.73. The second-order valence-corrected chi connectivity index (χ2v) is 6.72. The molecular formula is C21H20F2N2O. The number of anilines is 1. The van der Waals surface area contributed by atoms with E-state index in [2.05, 4.69) is 22.4 Å². The van der Waals surface area contributed by atoms with Crippen LogP contribution >= 0.6 is 0 Å². The van der Waals surface area contributed by atoms with Crippen molar-refractivity contribution in [2.45, 2.75) is 18.3 Å². The summed E-state index contributed by atoms with van der Waals surface area (Å²) in [7, 11) is 0. The van der Waals surface area contributed by atoms with E-state index in [4.69, 9.17) is 4.74 Å². The maximum atomic E-state index is 14.3. The van der Waals surface area contributed by atoms with Crippen molar-refractivity contribution in [1.82, 2.24) is 4.98 Å². The first-order chi connectivity index (χ1) is 12.7. The highest BCUT2D eigenvalue weighted by Crippen LogP contribution is 2.36. The molecule has 0 bridgehead atoms. The Morgan fingerprint density at radius 1 is 0.962 bits per heavy atom. The van der Waals surface area contributed by atoms with Gasteiger partial charge in [-0.05, 0) is 36.6 Å². The number of aromatic nitrogens is 1. The summed E-state index contributed by atoms with van der Waals surface area (Å²) in [6, 6.07) is 14.3. The number of fused-ring (bicyclic) bond motifs is 1. The quantitative estimate of drug-likeness (QED) is 0.739. The summed E-state index contributed by atoms with van der Waals surface area (Å²) < 4.78 is 33.9. The summed E-state index contributed by atoms with van der Waals surface area (Å²) in [6.07, 6.45) is 3.26. The molecule has 1 aromatic heterocycles. The number of nitrogens with zero attached hydrogens (tertiary/aromatic N) is 1. The Balaban J connectivity index is 1.69. The third-order valence-electron chi connectivity index (χ3n) is 5.25. The zero-order valence-corrected chi connectivity index (χ0v) is 14.3. The third-order valence-corrected chi connectivity index (χ3v) is 5.25. The average molecular weight is 354 g/mol. The van der Waals surface area contributed by atoms with E-state index in [1.807, 2.05) is 18.2 Å². The van der Waals surface area contributed by atoms with Crippen LogP contribution in [0.15, 0.2) is 54.7 Å². The van der Waals surface area contributed by atoms with Gasteiger partial charge in [0.25, 0.3) is 0 Å². The van der Waals surface area contributed by atoms with Crippen LogP contribution in [0.25, 0.3) is 10.9 Å². The van der Waals surface area contributed by atoms with Gasteiger partial charge in [0.2, 0.25) is 0 Å². The van der Waals surface area contributed by atoms with E-state index in [0.29, 0.717) is 25.4 Å². The first-order valence-corrected chi connectivity index (χ1v) is 8.79. The zero-order chi connectivity index (χ0) is 18.0. The number of rotatable bonds is 4. The Kier molecular flexibility index (Phi) is 4.55. The van der Waals surface area contributed by atoms with Crippen LogP contribution in [-0.4, -0.2) is 24.7 Å². The number of hydrogen-bond acceptors (Lipinski definition) is 3. The summed E-state index contributed by atoms with van der Waals surface area (Å²) in [4.78, 5) is 4.00. The van der Waals surface area contributed by atoms with Crippen LogP contribution in [-0.2, 0) is 10.2 Å². The SMILES string of the molecule is Fc1ccc(F)c2c(NCC3(c4ccccc4)CCOCC3)ccnc12. The predicted octanol–water partition coefficient (Wildman–Crippen LogP) is 4.67. The summed E-state index contributed by atoms with van der Waals surface area (Å²) in [5.74, 6) is -0.994. The number of halogens is 2. The van der Waals surface area contributed by atoms with Crippen LogP contribution in [0.1, 0.15) is 18.4 Å². The first-order valence-electron chi connectivity index (χ1n) is 8.79. The van der Waals surface area contributed by atoms with Crippen molar-refractivity contribution in [3.05, 3.63) is 71.9 Å². The molecule has 0 spiro atoms. The Morgan fingerprint density at radius 2 is 1.69 bits per heavy atom. The Labute approximate surface area is 151 Å². The van der Waals surface area contributed by atoms with Gasteiger partial charge in [0.15, 0.2) is 0 Å². The molecule has 0 amide bonds. The summed E-state index contributed by atoms with van der Waals surface area (Å²) in [5.41, 5.74) is 1.75. The molecule has 2 aromatic carbocycles. The van der Waals surface area contributed by atoms with Gasteiger partial charge in [0.05, 0.1) is 5.39 Å². The molecule has 1 saturated heterocycles. The molecule has 1 aliphatic heterocycles. The van der Waals surface area contributed by atoms with Gasteiger partial charge in [-0.1, -0.05) is 30.3 Å². The minimum absolute atomic E-state index is 0.0516. The van der Waals surface area contributed by atoms with Crippen LogP contribution in [0.4, 0.5) is 14.5 Å². The van der Waals surface area contributed by atoms with Crippen molar-refractivity contribution < 1.29 is 13.5 Å². The molecule has 5 heteroatoms. The molecule has 3 aromatic rings. The standard InChI is InChI=1S/C21H20F2N2O/c22-16-6-7-17(23)20-19(16)18(8-11-24-20)25-14-21(9-12-26-13-10-21)15-4-2-1-3-5-15/h1-8,11H,9-10,12-14H2,(H,24,25). The lowest BCUT2D eigenvalue weighted by Gasteiger charge is -2.38. The minimum Gasteiger partial charge on any atom is -0.383 e.